The molecule has 5 rings (SSSR count). The minimum Gasteiger partial charge on any atom is -0.379 e. The Kier molecular flexibility index (Phi) is 7.73. The molecule has 5 aromatic rings. The lowest BCUT2D eigenvalue weighted by Crippen LogP contribution is -2.42. The van der Waals surface area contributed by atoms with Gasteiger partial charge in [-0.05, 0) is 29.3 Å². The summed E-state index contributed by atoms with van der Waals surface area (Å²) in [7, 11) is 0. The molecule has 2 aromatic carbocycles. The Balaban J connectivity index is 1.31. The van der Waals surface area contributed by atoms with E-state index in [1.165, 1.54) is 23.6 Å². The summed E-state index contributed by atoms with van der Waals surface area (Å²) in [5.41, 5.74) is -0.662. The summed E-state index contributed by atoms with van der Waals surface area (Å²) in [4.78, 5) is 25.7. The second-order valence-electron chi connectivity index (χ2n) is 8.17. The van der Waals surface area contributed by atoms with Crippen LogP contribution in [-0.2, 0) is 5.60 Å². The maximum absolute atomic E-state index is 15.4. The molecule has 0 atom stereocenters. The molecule has 0 bridgehead atoms. The smallest absolute Gasteiger partial charge is 0.273 e. The third-order valence-corrected chi connectivity index (χ3v) is 7.72. The zero-order valence-electron chi connectivity index (χ0n) is 19.9. The van der Waals surface area contributed by atoms with E-state index in [1.54, 1.807) is 36.7 Å². The zero-order chi connectivity index (χ0) is 26.4. The van der Waals surface area contributed by atoms with Crippen LogP contribution in [0.4, 0.5) is 15.3 Å². The summed E-state index contributed by atoms with van der Waals surface area (Å²) in [6.07, 6.45) is 4.68. The van der Waals surface area contributed by atoms with Crippen molar-refractivity contribution in [2.75, 3.05) is 11.9 Å². The molecule has 0 aliphatic heterocycles. The van der Waals surface area contributed by atoms with Crippen LogP contribution in [0.1, 0.15) is 21.6 Å². The maximum atomic E-state index is 15.4. The van der Waals surface area contributed by atoms with Crippen LogP contribution >= 0.6 is 23.1 Å². The Morgan fingerprint density at radius 2 is 1.58 bits per heavy atom. The third kappa shape index (κ3) is 5.72. The number of anilines is 2. The monoisotopic (exact) mass is 543 g/mol. The zero-order valence-corrected chi connectivity index (χ0v) is 21.5. The number of hydrogen-bond donors (Lipinski definition) is 3. The summed E-state index contributed by atoms with van der Waals surface area (Å²) >= 11 is 2.48. The van der Waals surface area contributed by atoms with Gasteiger partial charge in [0.15, 0.2) is 16.6 Å². The molecular formula is C28H22FN5O2S2. The molecule has 38 heavy (non-hydrogen) atoms. The number of aromatic nitrogens is 3. The van der Waals surface area contributed by atoms with E-state index in [-0.39, 0.29) is 17.1 Å². The Labute approximate surface area is 226 Å². The lowest BCUT2D eigenvalue weighted by molar-refractivity contribution is 0.0690. The fourth-order valence-corrected chi connectivity index (χ4v) is 5.64. The van der Waals surface area contributed by atoms with Gasteiger partial charge in [-0.15, -0.1) is 0 Å². The van der Waals surface area contributed by atoms with E-state index in [0.717, 1.165) is 16.0 Å². The molecule has 0 aliphatic rings. The number of carbonyl (C=O) groups is 1. The molecule has 10 heteroatoms. The van der Waals surface area contributed by atoms with Gasteiger partial charge in [-0.2, -0.15) is 0 Å². The first-order valence-electron chi connectivity index (χ1n) is 11.6. The lowest BCUT2D eigenvalue weighted by Gasteiger charge is -2.29. The summed E-state index contributed by atoms with van der Waals surface area (Å²) in [6, 6.07) is 25.0. The first kappa shape index (κ1) is 25.5. The lowest BCUT2D eigenvalue weighted by atomic mass is 9.86. The molecule has 1 amide bonds. The molecule has 3 heterocycles. The molecule has 0 spiro atoms. The van der Waals surface area contributed by atoms with Crippen LogP contribution in [0.15, 0.2) is 113 Å². The van der Waals surface area contributed by atoms with Crippen LogP contribution in [0, 0.1) is 5.82 Å². The van der Waals surface area contributed by atoms with Gasteiger partial charge in [0.05, 0.1) is 21.8 Å². The number of halogens is 1. The molecule has 3 N–H and O–H groups in total. The van der Waals surface area contributed by atoms with Crippen LogP contribution in [0.25, 0.3) is 0 Å². The minimum absolute atomic E-state index is 0.171. The number of pyridine rings is 2. The normalized spacial score (nSPS) is 11.2. The molecule has 0 unspecified atom stereocenters. The number of benzene rings is 2. The van der Waals surface area contributed by atoms with E-state index in [1.807, 2.05) is 54.6 Å². The summed E-state index contributed by atoms with van der Waals surface area (Å²) < 4.78 is 16.1. The van der Waals surface area contributed by atoms with Crippen molar-refractivity contribution in [2.24, 2.45) is 0 Å². The average Bonchev–Trinajstić information content (AvgIpc) is 3.40. The number of aliphatic hydroxyl groups is 1. The van der Waals surface area contributed by atoms with Gasteiger partial charge in [-0.1, -0.05) is 89.8 Å². The minimum atomic E-state index is -1.51. The van der Waals surface area contributed by atoms with Crippen molar-refractivity contribution in [1.82, 2.24) is 20.3 Å². The van der Waals surface area contributed by atoms with Crippen LogP contribution < -0.4 is 10.6 Å². The third-order valence-electron chi connectivity index (χ3n) is 5.67. The SMILES string of the molecule is O=C(NCC(O)(c1ccccc1)c1ccccc1)c1nccc(Sc2cnc(Nc3ccccn3)s2)c1F. The molecule has 0 radical (unpaired) electrons. The number of nitrogens with one attached hydrogen (secondary N) is 2. The quantitative estimate of drug-likeness (QED) is 0.221. The Morgan fingerprint density at radius 1 is 0.895 bits per heavy atom. The predicted octanol–water partition coefficient (Wildman–Crippen LogP) is 5.63. The van der Waals surface area contributed by atoms with Gasteiger partial charge in [-0.3, -0.25) is 4.79 Å². The van der Waals surface area contributed by atoms with Crippen molar-refractivity contribution < 1.29 is 14.3 Å². The van der Waals surface area contributed by atoms with E-state index in [4.69, 9.17) is 0 Å². The Hall–Kier alpha value is -4.12. The first-order valence-corrected chi connectivity index (χ1v) is 13.2. The van der Waals surface area contributed by atoms with Gasteiger partial charge in [0.25, 0.3) is 5.91 Å². The number of hydrogen-bond acceptors (Lipinski definition) is 8. The second kappa shape index (κ2) is 11.5. The van der Waals surface area contributed by atoms with Gasteiger partial charge < -0.3 is 15.7 Å². The van der Waals surface area contributed by atoms with Crippen LogP contribution in [-0.4, -0.2) is 32.5 Å². The van der Waals surface area contributed by atoms with Gasteiger partial charge in [0.1, 0.15) is 11.4 Å². The van der Waals surface area contributed by atoms with Gasteiger partial charge in [0, 0.05) is 12.4 Å². The fraction of sp³-hybridized carbons (Fsp3) is 0.0714. The van der Waals surface area contributed by atoms with Crippen molar-refractivity contribution in [2.45, 2.75) is 14.7 Å². The molecule has 0 fully saturated rings. The standard InChI is InChI=1S/C28H22FN5O2S2/c29-24-21(37-23-17-32-27(38-23)34-22-13-7-8-15-30-22)14-16-31-25(24)26(35)33-18-28(36,19-9-3-1-4-10-19)20-11-5-2-6-12-20/h1-17,36H,18H2,(H,33,35)(H,30,32,34). The molecule has 7 nitrogen and oxygen atoms in total. The van der Waals surface area contributed by atoms with E-state index in [0.29, 0.717) is 22.1 Å². The summed E-state index contributed by atoms with van der Waals surface area (Å²) in [5.74, 6) is -0.818. The molecule has 3 aromatic heterocycles. The number of nitrogens with zero attached hydrogens (tertiary/aromatic N) is 3. The van der Waals surface area contributed by atoms with Gasteiger partial charge >= 0.3 is 0 Å². The summed E-state index contributed by atoms with van der Waals surface area (Å²) in [5, 5.41) is 18.0. The largest absolute Gasteiger partial charge is 0.379 e. The van der Waals surface area contributed by atoms with Crippen molar-refractivity contribution in [3.8, 4) is 0 Å². The molecule has 0 saturated carbocycles. The highest BCUT2D eigenvalue weighted by atomic mass is 32.2. The predicted molar refractivity (Wildman–Crippen MR) is 146 cm³/mol. The van der Waals surface area contributed by atoms with Crippen LogP contribution in [0.3, 0.4) is 0 Å². The van der Waals surface area contributed by atoms with Crippen molar-refractivity contribution in [1.29, 1.82) is 0 Å². The van der Waals surface area contributed by atoms with Crippen molar-refractivity contribution in [3.05, 3.63) is 126 Å². The average molecular weight is 544 g/mol. The van der Waals surface area contributed by atoms with Gasteiger partial charge in [0.2, 0.25) is 0 Å². The highest BCUT2D eigenvalue weighted by molar-refractivity contribution is 8.01. The molecule has 0 saturated heterocycles. The fourth-order valence-electron chi connectivity index (χ4n) is 3.77. The summed E-state index contributed by atoms with van der Waals surface area (Å²) in [6.45, 7) is -0.171. The first-order chi connectivity index (χ1) is 18.5. The number of carbonyl (C=O) groups excluding carboxylic acids is 1. The van der Waals surface area contributed by atoms with E-state index < -0.39 is 17.3 Å². The van der Waals surface area contributed by atoms with Crippen molar-refractivity contribution >= 4 is 40.0 Å². The second-order valence-corrected chi connectivity index (χ2v) is 10.5. The maximum Gasteiger partial charge on any atom is 0.273 e. The molecule has 190 valence electrons. The van der Waals surface area contributed by atoms with Crippen LogP contribution in [0.2, 0.25) is 0 Å². The molecule has 0 aliphatic carbocycles. The number of amides is 1. The topological polar surface area (TPSA) is 100 Å². The Bertz CT molecular complexity index is 1480. The Morgan fingerprint density at radius 3 is 2.24 bits per heavy atom. The van der Waals surface area contributed by atoms with Gasteiger partial charge in [-0.25, -0.2) is 19.3 Å². The number of rotatable bonds is 9. The van der Waals surface area contributed by atoms with E-state index >= 15 is 4.39 Å². The van der Waals surface area contributed by atoms with E-state index in [2.05, 4.69) is 25.6 Å². The van der Waals surface area contributed by atoms with Crippen molar-refractivity contribution in [3.63, 3.8) is 0 Å². The molecular weight excluding hydrogens is 521 g/mol. The van der Waals surface area contributed by atoms with E-state index in [9.17, 15) is 9.90 Å². The highest BCUT2D eigenvalue weighted by Gasteiger charge is 2.32. The van der Waals surface area contributed by atoms with Crippen LogP contribution in [0.5, 0.6) is 0 Å². The highest BCUT2D eigenvalue weighted by Crippen LogP contribution is 2.36. The number of thiazole rings is 1.